The fourth-order valence-corrected chi connectivity index (χ4v) is 4.50. The van der Waals surface area contributed by atoms with Crippen LogP contribution in [0.15, 0.2) is 66.7 Å². The highest BCUT2D eigenvalue weighted by atomic mass is 16.6. The second-order valence-corrected chi connectivity index (χ2v) is 10.6. The maximum absolute atomic E-state index is 13.0. The van der Waals surface area contributed by atoms with Gasteiger partial charge in [0.05, 0.1) is 25.3 Å². The van der Waals surface area contributed by atoms with Gasteiger partial charge in [-0.15, -0.1) is 0 Å². The number of Topliss-reactive ketones (excluding diaryl/α,β-unsaturated/α-hetero) is 1. The van der Waals surface area contributed by atoms with E-state index in [9.17, 15) is 19.2 Å². The van der Waals surface area contributed by atoms with E-state index in [2.05, 4.69) is 17.6 Å². The molecule has 0 bridgehead atoms. The average Bonchev–Trinajstić information content (AvgIpc) is 3.03. The van der Waals surface area contributed by atoms with Crippen molar-refractivity contribution >= 4 is 29.3 Å². The highest BCUT2D eigenvalue weighted by molar-refractivity contribution is 5.99. The zero-order valence-electron chi connectivity index (χ0n) is 26.4. The molecule has 2 N–H and O–H groups in total. The molecule has 0 aliphatic carbocycles. The summed E-state index contributed by atoms with van der Waals surface area (Å²) in [5, 5.41) is 5.41. The molecule has 240 valence electrons. The van der Waals surface area contributed by atoms with E-state index in [0.717, 1.165) is 12.8 Å². The Hall–Kier alpha value is -4.70. The molecule has 3 aromatic carbocycles. The molecule has 1 unspecified atom stereocenters. The van der Waals surface area contributed by atoms with Gasteiger partial charge >= 0.3 is 5.97 Å². The highest BCUT2D eigenvalue weighted by Crippen LogP contribution is 2.30. The number of benzene rings is 3. The first-order valence-corrected chi connectivity index (χ1v) is 15.1. The summed E-state index contributed by atoms with van der Waals surface area (Å²) in [5.74, 6) is -0.415. The molecule has 1 atom stereocenters. The van der Waals surface area contributed by atoms with E-state index in [1.807, 2.05) is 0 Å². The monoisotopic (exact) mass is 618 g/mol. The Morgan fingerprint density at radius 3 is 2.27 bits per heavy atom. The van der Waals surface area contributed by atoms with Crippen LogP contribution in [0.2, 0.25) is 0 Å². The Bertz CT molecular complexity index is 1440. The fourth-order valence-electron chi connectivity index (χ4n) is 4.50. The number of anilines is 1. The van der Waals surface area contributed by atoms with Crippen LogP contribution < -0.4 is 24.8 Å². The first-order valence-electron chi connectivity index (χ1n) is 15.1. The largest absolute Gasteiger partial charge is 0.494 e. The number of methoxy groups -OCH3 is 2. The second-order valence-electron chi connectivity index (χ2n) is 10.6. The number of hydrogen-bond donors (Lipinski definition) is 2. The lowest BCUT2D eigenvalue weighted by Crippen LogP contribution is -2.41. The van der Waals surface area contributed by atoms with Gasteiger partial charge in [0.25, 0.3) is 5.91 Å². The third-order valence-corrected chi connectivity index (χ3v) is 6.96. The molecule has 0 saturated heterocycles. The first-order chi connectivity index (χ1) is 21.7. The van der Waals surface area contributed by atoms with Gasteiger partial charge in [-0.25, -0.2) is 4.79 Å². The van der Waals surface area contributed by atoms with E-state index in [4.69, 9.17) is 18.9 Å². The zero-order chi connectivity index (χ0) is 32.6. The van der Waals surface area contributed by atoms with Crippen LogP contribution in [0.5, 0.6) is 17.2 Å². The Morgan fingerprint density at radius 2 is 1.58 bits per heavy atom. The molecule has 0 aliphatic heterocycles. The number of nitrogens with one attached hydrogen (secondary N) is 2. The van der Waals surface area contributed by atoms with Gasteiger partial charge < -0.3 is 29.6 Å². The van der Waals surface area contributed by atoms with Crippen molar-refractivity contribution in [2.75, 3.05) is 32.8 Å². The van der Waals surface area contributed by atoms with Gasteiger partial charge in [-0.05, 0) is 79.9 Å². The van der Waals surface area contributed by atoms with Crippen LogP contribution in [0.25, 0.3) is 0 Å². The Morgan fingerprint density at radius 1 is 0.822 bits per heavy atom. The first kappa shape index (κ1) is 34.8. The van der Waals surface area contributed by atoms with Crippen molar-refractivity contribution in [2.24, 2.45) is 0 Å². The van der Waals surface area contributed by atoms with E-state index < -0.39 is 17.9 Å². The number of carbonyl (C=O) groups is 4. The molecule has 0 saturated carbocycles. The summed E-state index contributed by atoms with van der Waals surface area (Å²) in [6.07, 6.45) is 5.94. The summed E-state index contributed by atoms with van der Waals surface area (Å²) in [6.45, 7) is 4.09. The SMILES string of the molecule is CCCCCCCOc1ccc(C(=O)Oc2ccc(CC(NC(=O)c3cccc(NC(=O)COC)c3)C(C)=O)cc2OC)cc1. The van der Waals surface area contributed by atoms with Gasteiger partial charge in [0.15, 0.2) is 17.3 Å². The van der Waals surface area contributed by atoms with Gasteiger partial charge in [0.2, 0.25) is 5.91 Å². The quantitative estimate of drug-likeness (QED) is 0.104. The standard InChI is InChI=1S/C35H42N2O8/c1-5-6-7-8-9-19-44-29-16-14-26(15-17-29)35(41)45-31-18-13-25(21-32(31)43-4)20-30(24(2)38)37-34(40)27-11-10-12-28(22-27)36-33(39)23-42-3/h10-18,21-22,30H,5-9,19-20,23H2,1-4H3,(H,36,39)(H,37,40). The zero-order valence-corrected chi connectivity index (χ0v) is 26.4. The minimum atomic E-state index is -0.834. The molecule has 0 aromatic heterocycles. The molecule has 0 radical (unpaired) electrons. The van der Waals surface area contributed by atoms with Crippen molar-refractivity contribution < 1.29 is 38.1 Å². The van der Waals surface area contributed by atoms with Crippen LogP contribution >= 0.6 is 0 Å². The molecule has 10 nitrogen and oxygen atoms in total. The van der Waals surface area contributed by atoms with Crippen LogP contribution in [0.3, 0.4) is 0 Å². The van der Waals surface area contributed by atoms with Crippen molar-refractivity contribution in [1.82, 2.24) is 5.32 Å². The number of esters is 1. The summed E-state index contributed by atoms with van der Waals surface area (Å²) in [5.41, 5.74) is 1.75. The third kappa shape index (κ3) is 11.4. The fraction of sp³-hybridized carbons (Fsp3) is 0.371. The van der Waals surface area contributed by atoms with Gasteiger partial charge in [0.1, 0.15) is 12.4 Å². The Balaban J connectivity index is 1.60. The van der Waals surface area contributed by atoms with Gasteiger partial charge in [-0.2, -0.15) is 0 Å². The molecular formula is C35H42N2O8. The molecule has 3 rings (SSSR count). The molecule has 10 heteroatoms. The molecule has 3 aromatic rings. The summed E-state index contributed by atoms with van der Waals surface area (Å²) in [6, 6.07) is 17.3. The summed E-state index contributed by atoms with van der Waals surface area (Å²) < 4.78 is 21.6. The number of hydrogen-bond acceptors (Lipinski definition) is 8. The Kier molecular flexibility index (Phi) is 14.1. The molecular weight excluding hydrogens is 576 g/mol. The number of amides is 2. The van der Waals surface area contributed by atoms with Gasteiger partial charge in [0, 0.05) is 18.4 Å². The van der Waals surface area contributed by atoms with Crippen LogP contribution in [0, 0.1) is 0 Å². The number of rotatable bonds is 18. The molecule has 45 heavy (non-hydrogen) atoms. The maximum Gasteiger partial charge on any atom is 0.343 e. The third-order valence-electron chi connectivity index (χ3n) is 6.96. The normalized spacial score (nSPS) is 11.3. The predicted octanol–water partition coefficient (Wildman–Crippen LogP) is 5.78. The summed E-state index contributed by atoms with van der Waals surface area (Å²) in [4.78, 5) is 50.1. The smallest absolute Gasteiger partial charge is 0.343 e. The molecule has 2 amide bonds. The lowest BCUT2D eigenvalue weighted by molar-refractivity contribution is -0.120. The van der Waals surface area contributed by atoms with Crippen molar-refractivity contribution in [1.29, 1.82) is 0 Å². The molecule has 0 aliphatic rings. The number of ether oxygens (including phenoxy) is 4. The highest BCUT2D eigenvalue weighted by Gasteiger charge is 2.21. The topological polar surface area (TPSA) is 129 Å². The molecule has 0 heterocycles. The summed E-state index contributed by atoms with van der Waals surface area (Å²) in [7, 11) is 2.86. The molecule has 0 fully saturated rings. The van der Waals surface area contributed by atoms with Gasteiger partial charge in [-0.3, -0.25) is 14.4 Å². The van der Waals surface area contributed by atoms with Crippen LogP contribution in [0.1, 0.15) is 72.2 Å². The van der Waals surface area contributed by atoms with E-state index in [-0.39, 0.29) is 36.0 Å². The molecule has 0 spiro atoms. The van der Waals surface area contributed by atoms with Crippen LogP contribution in [-0.2, 0) is 20.7 Å². The second kappa shape index (κ2) is 18.2. The van der Waals surface area contributed by atoms with Crippen molar-refractivity contribution in [3.8, 4) is 17.2 Å². The van der Waals surface area contributed by atoms with E-state index >= 15 is 0 Å². The minimum Gasteiger partial charge on any atom is -0.494 e. The number of carbonyl (C=O) groups excluding carboxylic acids is 4. The van der Waals surface area contributed by atoms with Crippen molar-refractivity contribution in [3.63, 3.8) is 0 Å². The van der Waals surface area contributed by atoms with E-state index in [0.29, 0.717) is 34.9 Å². The Labute approximate surface area is 264 Å². The average molecular weight is 619 g/mol. The minimum absolute atomic E-state index is 0.119. The van der Waals surface area contributed by atoms with Gasteiger partial charge in [-0.1, -0.05) is 44.7 Å². The van der Waals surface area contributed by atoms with Crippen LogP contribution in [-0.4, -0.2) is 57.0 Å². The number of unbranched alkanes of at least 4 members (excludes halogenated alkanes) is 4. The lowest BCUT2D eigenvalue weighted by atomic mass is 10.0. The summed E-state index contributed by atoms with van der Waals surface area (Å²) >= 11 is 0. The predicted molar refractivity (Wildman–Crippen MR) is 171 cm³/mol. The van der Waals surface area contributed by atoms with E-state index in [1.54, 1.807) is 60.7 Å². The van der Waals surface area contributed by atoms with Crippen molar-refractivity contribution in [3.05, 3.63) is 83.4 Å². The van der Waals surface area contributed by atoms with Crippen LogP contribution in [0.4, 0.5) is 5.69 Å². The maximum atomic E-state index is 13.0. The number of ketones is 1. The lowest BCUT2D eigenvalue weighted by Gasteiger charge is -2.18. The van der Waals surface area contributed by atoms with Crippen molar-refractivity contribution in [2.45, 2.75) is 58.4 Å². The van der Waals surface area contributed by atoms with E-state index in [1.165, 1.54) is 46.5 Å².